The number of phosphoric ester groups is 3. The number of rotatable bonds is 50. The van der Waals surface area contributed by atoms with Crippen molar-refractivity contribution in [2.45, 2.75) is 266 Å². The minimum absolute atomic E-state index is 0.0135. The number of halogens is 3. The summed E-state index contributed by atoms with van der Waals surface area (Å²) in [5.74, 6) is -5.54. The van der Waals surface area contributed by atoms with E-state index in [2.05, 4.69) is 86.0 Å². The van der Waals surface area contributed by atoms with Crippen LogP contribution >= 0.6 is 74.8 Å². The number of phosphoric acid groups is 3. The zero-order valence-electron chi connectivity index (χ0n) is 80.4. The number of carbonyl (C=O) groups excluding carboxylic acids is 7. The van der Waals surface area contributed by atoms with E-state index < -0.39 is 240 Å². The highest BCUT2D eigenvalue weighted by atomic mass is 33.1. The van der Waals surface area contributed by atoms with Crippen LogP contribution in [0.15, 0.2) is 54.6 Å². The number of anilines is 3. The van der Waals surface area contributed by atoms with Crippen molar-refractivity contribution in [1.82, 2.24) is 74.8 Å². The lowest BCUT2D eigenvalue weighted by Crippen LogP contribution is -2.49. The van der Waals surface area contributed by atoms with Gasteiger partial charge in [0.1, 0.15) is 126 Å². The van der Waals surface area contributed by atoms with Gasteiger partial charge in [0.25, 0.3) is 0 Å². The Morgan fingerprint density at radius 2 is 1.14 bits per heavy atom. The molecule has 0 saturated carbocycles. The summed E-state index contributed by atoms with van der Waals surface area (Å²) in [5.41, 5.74) is 32.7. The summed E-state index contributed by atoms with van der Waals surface area (Å²) in [7, 11) is -14.3. The molecule has 5 aromatic rings. The first-order valence-electron chi connectivity index (χ1n) is 43.5. The highest BCUT2D eigenvalue weighted by Crippen LogP contribution is 2.52. The lowest BCUT2D eigenvalue weighted by molar-refractivity contribution is -0.192. The van der Waals surface area contributed by atoms with Crippen LogP contribution in [0.3, 0.4) is 0 Å². The molecule has 0 spiro atoms. The Bertz CT molecular complexity index is 5390. The van der Waals surface area contributed by atoms with Crippen LogP contribution in [0.2, 0.25) is 0 Å². The largest absolute Gasteiger partial charge is 0.567 e. The first-order chi connectivity index (χ1) is 67.0. The van der Waals surface area contributed by atoms with Crippen molar-refractivity contribution in [2.24, 2.45) is 17.2 Å². The Balaban J connectivity index is 0.000000422. The molecule has 3 fully saturated rings. The number of alkyl carbamates (subject to hydrolysis) is 2. The predicted octanol–water partition coefficient (Wildman–Crippen LogP) is 2.35. The number of carboxylic acids is 1. The van der Waals surface area contributed by atoms with E-state index in [-0.39, 0.29) is 106 Å². The summed E-state index contributed by atoms with van der Waals surface area (Å²) in [5, 5.41) is 48.5. The van der Waals surface area contributed by atoms with Gasteiger partial charge in [-0.15, -0.1) is 0 Å². The molecule has 58 nitrogen and oxygen atoms in total. The van der Waals surface area contributed by atoms with Gasteiger partial charge >= 0.3 is 73.6 Å². The number of esters is 2. The normalized spacial score (nSPS) is 21.6. The summed E-state index contributed by atoms with van der Waals surface area (Å²) in [4.78, 5) is 210. The number of ether oxygens (including phenoxy) is 8. The van der Waals surface area contributed by atoms with Crippen LogP contribution in [0, 0.1) is 5.41 Å². The number of hydrogen-bond acceptors (Lipinski definition) is 48. The van der Waals surface area contributed by atoms with Gasteiger partial charge in [0.05, 0.1) is 45.1 Å². The van der Waals surface area contributed by atoms with Crippen molar-refractivity contribution in [2.75, 3.05) is 74.8 Å². The van der Waals surface area contributed by atoms with E-state index >= 15 is 0 Å². The topological polar surface area (TPSA) is 873 Å². The highest BCUT2D eigenvalue weighted by molar-refractivity contribution is 8.77. The van der Waals surface area contributed by atoms with Crippen LogP contribution in [0.4, 0.5) is 40.2 Å². The van der Waals surface area contributed by atoms with Crippen LogP contribution in [0.25, 0.3) is 22.3 Å². The molecule has 27 N–H and O–H groups in total. The molecular weight excluding hydrogens is 2110 g/mol. The molecule has 0 aromatic carbocycles. The second kappa shape index (κ2) is 55.3. The van der Waals surface area contributed by atoms with Gasteiger partial charge in [-0.1, -0.05) is 84.7 Å². The van der Waals surface area contributed by atoms with Gasteiger partial charge in [-0.3, -0.25) is 65.8 Å². The lowest BCUT2D eigenvalue weighted by Gasteiger charge is -2.26. The number of aromatic nitrogens is 10. The van der Waals surface area contributed by atoms with E-state index in [4.69, 9.17) is 106 Å². The predicted molar refractivity (Wildman–Crippen MR) is 513 cm³/mol. The number of hydrogen-bond donors (Lipinski definition) is 21. The van der Waals surface area contributed by atoms with Crippen molar-refractivity contribution in [3.8, 4) is 0 Å². The third-order valence-corrected chi connectivity index (χ3v) is 28.6. The maximum Gasteiger partial charge on any atom is 0.567 e. The van der Waals surface area contributed by atoms with Gasteiger partial charge in [-0.2, -0.15) is 37.4 Å². The molecule has 0 radical (unpaired) electrons. The van der Waals surface area contributed by atoms with E-state index in [0.717, 1.165) is 34.4 Å². The first kappa shape index (κ1) is 125. The number of aliphatic hydroxyl groups is 2. The summed E-state index contributed by atoms with van der Waals surface area (Å²) >= 11 is 0. The van der Waals surface area contributed by atoms with Gasteiger partial charge in [0.15, 0.2) is 47.6 Å². The smallest absolute Gasteiger partial charge is 0.475 e. The number of amidine groups is 1. The van der Waals surface area contributed by atoms with Crippen LogP contribution in [-0.4, -0.2) is 327 Å². The fourth-order valence-corrected chi connectivity index (χ4v) is 19.8. The van der Waals surface area contributed by atoms with E-state index in [1.807, 2.05) is 20.8 Å². The second-order valence-electron chi connectivity index (χ2n) is 35.7. The Hall–Kier alpha value is -8.58. The van der Waals surface area contributed by atoms with Gasteiger partial charge in [-0.25, -0.2) is 67.6 Å². The quantitative estimate of drug-likeness (QED) is 0.00388. The molecule has 2 unspecified atom stereocenters. The third-order valence-electron chi connectivity index (χ3n) is 18.9. The number of alkyl halides is 3. The van der Waals surface area contributed by atoms with E-state index in [1.165, 1.54) is 73.4 Å². The fourth-order valence-electron chi connectivity index (χ4n) is 12.5. The van der Waals surface area contributed by atoms with Crippen LogP contribution in [0.1, 0.15) is 154 Å². The van der Waals surface area contributed by atoms with E-state index in [1.54, 1.807) is 52.3 Å². The number of unbranched alkanes of at least 4 members (excludes halogenated alkanes) is 2. The van der Waals surface area contributed by atoms with Crippen LogP contribution in [-0.2, 0) is 107 Å². The minimum Gasteiger partial charge on any atom is -0.475 e. The first-order valence-corrected chi connectivity index (χ1v) is 54.3. The van der Waals surface area contributed by atoms with Gasteiger partial charge < -0.3 is 128 Å². The zero-order chi connectivity index (χ0) is 109. The summed E-state index contributed by atoms with van der Waals surface area (Å²) in [6, 6.07) is -3.05. The fraction of sp³-hybridized carbons (Fsp3) is 0.671. The van der Waals surface area contributed by atoms with Crippen molar-refractivity contribution < 1.29 is 180 Å². The third kappa shape index (κ3) is 43.9. The Morgan fingerprint density at radius 3 is 1.61 bits per heavy atom. The molecule has 145 heavy (non-hydrogen) atoms. The molecule has 3 saturated heterocycles. The number of nitrogens with two attached hydrogens (primary N) is 6. The number of aliphatic carboxylic acids is 1. The molecule has 5 amide bonds. The molecule has 3 aliphatic rings. The Labute approximate surface area is 842 Å². The van der Waals surface area contributed by atoms with E-state index in [9.17, 15) is 110 Å². The second-order valence-corrected chi connectivity index (χ2v) is 47.4. The van der Waals surface area contributed by atoms with Crippen LogP contribution < -0.4 is 61.4 Å². The molecule has 3 aliphatic heterocycles. The number of nitrogens with one attached hydrogen (secondary N) is 5. The lowest BCUT2D eigenvalue weighted by atomic mass is 10.1. The molecule has 8 rings (SSSR count). The van der Waals surface area contributed by atoms with Crippen molar-refractivity contribution in [3.63, 3.8) is 0 Å². The van der Waals surface area contributed by atoms with E-state index in [0.29, 0.717) is 18.6 Å². The number of aliphatic hydroxyl groups excluding tert-OH is 2. The summed E-state index contributed by atoms with van der Waals surface area (Å²) < 4.78 is 149. The monoisotopic (exact) mass is 2230 g/mol. The number of carbonyl (C=O) groups is 8. The molecular formula is C76H124F3N22O36P4S4+. The van der Waals surface area contributed by atoms with Crippen molar-refractivity contribution in [1.29, 1.82) is 5.41 Å². The standard InChI is InChI=1S/C42H69N11O19P2S2.C32H53N11O15P2S2.C2HF3O2/c1-40(2,3)70-38(58)50-23(12-10-11-14-46-35(56)24(19-75-76-42(7,8)9)51-39(59)71-41(4,5)6)37(57)69-32-27(68-36(31(32)55)53-21-49-30-33(45)47-20-48-34(30)53)18-66-74(63,64)72-25-16-29(52(22-54)15-13-28(43)44)67-26(25)17-65-73(60,61)62;1-17(42-10-8-22(35)41-31(42)47)56-18(11-53-59(48,49)50)12-54-60(51,52)55-13-21-25(24(44)29(57-21)43-16-40-23-26(36)38-15-39-27(23)43)58-30(46)19(33)7-5-6-9-37-28(45)20(34)14-61-62-32(2,3)4;3-2(4,5)1(6)7/h13,15,20-27,29,31-32,36,55,60-62H,10-12,14,16-19H2,1-9H3,(H8-,43,44,45,46,47,48,50,51,56,58,59,63,64);8,10,15-21,24-25,29,44H,5-7,9,11-14,33-34H2,1-4H3,(H,37,45)(H,51,52)(H2,35,41,47)(H2,36,38,39)(H2,48,49,50);(H,6,7)/p+1/b15-13-;;/t23-,24-,25-,26+,27+,29+,31+,32+,36+;17-,18-,19+,20+,21-,24-,25-,29-;/m01./s1. The SMILES string of the molecule is CC(C)(C)OC(=O)N[C@@H](CSSC(C)(C)C)C(=O)NCCCC[C@H](NC(=O)OC(C)(C)C)C(=O)O[C@H]1[C@@H](O)[C@H](n2cnc3c(N)ncnc32)O[C@@H]1COP(=O)(O)O[C@H]1C[C@H](N(C=O)/C=C\C(=N)N)O[C@@H]1CO[P+](O)(O)O.C[C@@H](O[C@H](COP(=O)(O)O)COP(=O)(O)OC[C@H]1O[C@@H](n2cnc3c(N)ncnc32)[C@H](O)[C@@H]1OC(=O)[C@@H](N)CCCCNC(=O)[C@@H](N)CSSC(C)(C)C)n1ccc(N)nc1=O.O=C(O)C(F)(F)F. The molecule has 8 heterocycles. The molecule has 818 valence electrons. The molecule has 0 aliphatic carbocycles. The number of carboxylic acid groups (broad SMARTS) is 1. The number of nitrogens with zero attached hydrogens (tertiary/aromatic N) is 11. The molecule has 19 atom stereocenters. The van der Waals surface area contributed by atoms with Gasteiger partial charge in [-0.05, 0) is 99.1 Å². The molecule has 0 bridgehead atoms. The number of fused-ring (bicyclic) bond motifs is 2. The van der Waals surface area contributed by atoms with Crippen molar-refractivity contribution in [3.05, 3.63) is 60.3 Å². The molecule has 5 aromatic heterocycles. The van der Waals surface area contributed by atoms with Gasteiger partial charge in [0.2, 0.25) is 18.2 Å². The Morgan fingerprint density at radius 1 is 0.655 bits per heavy atom. The molecule has 69 heteroatoms. The van der Waals surface area contributed by atoms with Crippen molar-refractivity contribution >= 4 is 169 Å². The van der Waals surface area contributed by atoms with Gasteiger partial charge in [0, 0.05) is 52.9 Å². The maximum atomic E-state index is 14.2. The number of imidazole rings is 2. The Kier molecular flexibility index (Phi) is 47.7. The number of nitrogen functional groups attached to an aromatic ring is 3. The number of amides is 5. The maximum absolute atomic E-state index is 14.2. The zero-order valence-corrected chi connectivity index (χ0v) is 87.2. The summed E-state index contributed by atoms with van der Waals surface area (Å²) in [6.07, 6.45) is -17.3. The highest BCUT2D eigenvalue weighted by Gasteiger charge is 2.53. The average Bonchev–Trinajstić information content (AvgIpc) is 1.62. The summed E-state index contributed by atoms with van der Waals surface area (Å²) in [6.45, 7) is 19.3. The minimum atomic E-state index is -5.30. The average molecular weight is 2230 g/mol. The van der Waals surface area contributed by atoms with Crippen LogP contribution in [0.5, 0.6) is 0 Å².